The van der Waals surface area contributed by atoms with Gasteiger partial charge in [0.05, 0.1) is 11.6 Å². The van der Waals surface area contributed by atoms with Gasteiger partial charge in [0, 0.05) is 25.2 Å². The van der Waals surface area contributed by atoms with Gasteiger partial charge in [-0.15, -0.1) is 0 Å². The number of carbonyl (C=O) groups is 2. The molecule has 0 bridgehead atoms. The van der Waals surface area contributed by atoms with Gasteiger partial charge in [-0.25, -0.2) is 4.79 Å². The molecule has 8 heteroatoms. The van der Waals surface area contributed by atoms with Crippen molar-refractivity contribution in [3.8, 4) is 11.5 Å². The van der Waals surface area contributed by atoms with E-state index in [0.717, 1.165) is 18.4 Å². The molecule has 1 aromatic rings. The lowest BCUT2D eigenvalue weighted by molar-refractivity contribution is -0.127. The van der Waals surface area contributed by atoms with Crippen LogP contribution >= 0.6 is 11.6 Å². The second-order valence-electron chi connectivity index (χ2n) is 6.06. The molecule has 0 radical (unpaired) electrons. The first-order chi connectivity index (χ1) is 12.6. The standard InChI is InChI=1S/C18H21ClN2O5/c1-2-24-18(23)20-13-4-3-7-21(10-13)16(22)6-5-12-8-14(19)17-15(9-12)25-11-26-17/h5-6,8-9,13H,2-4,7,10-11H2,1H3,(H,20,23)/b6-5-/t13-/m1/s1. The summed E-state index contributed by atoms with van der Waals surface area (Å²) < 4.78 is 15.5. The molecule has 1 N–H and O–H groups in total. The summed E-state index contributed by atoms with van der Waals surface area (Å²) in [5, 5.41) is 3.24. The molecule has 0 unspecified atom stereocenters. The maximum atomic E-state index is 12.5. The van der Waals surface area contributed by atoms with Crippen LogP contribution in [-0.2, 0) is 9.53 Å². The number of ether oxygens (including phenoxy) is 3. The Hall–Kier alpha value is -2.41. The average molecular weight is 381 g/mol. The Morgan fingerprint density at radius 2 is 2.27 bits per heavy atom. The quantitative estimate of drug-likeness (QED) is 0.813. The number of benzene rings is 1. The fourth-order valence-corrected chi connectivity index (χ4v) is 3.26. The summed E-state index contributed by atoms with van der Waals surface area (Å²) in [6, 6.07) is 3.40. The molecule has 140 valence electrons. The monoisotopic (exact) mass is 380 g/mol. The van der Waals surface area contributed by atoms with Crippen molar-refractivity contribution in [2.24, 2.45) is 0 Å². The zero-order valence-electron chi connectivity index (χ0n) is 14.5. The first-order valence-electron chi connectivity index (χ1n) is 8.56. The highest BCUT2D eigenvalue weighted by Crippen LogP contribution is 2.40. The van der Waals surface area contributed by atoms with Crippen molar-refractivity contribution in [3.05, 3.63) is 28.8 Å². The molecule has 0 spiro atoms. The normalized spacial score (nSPS) is 18.8. The molecule has 1 aromatic carbocycles. The van der Waals surface area contributed by atoms with Crippen LogP contribution in [0.5, 0.6) is 11.5 Å². The molecule has 0 saturated carbocycles. The topological polar surface area (TPSA) is 77.1 Å². The van der Waals surface area contributed by atoms with Crippen LogP contribution in [0.4, 0.5) is 4.79 Å². The van der Waals surface area contributed by atoms with E-state index in [0.29, 0.717) is 36.2 Å². The largest absolute Gasteiger partial charge is 0.454 e. The lowest BCUT2D eigenvalue weighted by atomic mass is 10.1. The first kappa shape index (κ1) is 18.4. The fraction of sp³-hybridized carbons (Fsp3) is 0.444. The highest BCUT2D eigenvalue weighted by molar-refractivity contribution is 6.32. The van der Waals surface area contributed by atoms with Gasteiger partial charge in [-0.2, -0.15) is 0 Å². The predicted octanol–water partition coefficient (Wildman–Crippen LogP) is 2.82. The smallest absolute Gasteiger partial charge is 0.407 e. The molecule has 1 atom stereocenters. The van der Waals surface area contributed by atoms with Gasteiger partial charge >= 0.3 is 6.09 Å². The number of fused-ring (bicyclic) bond motifs is 1. The van der Waals surface area contributed by atoms with Gasteiger partial charge in [0.1, 0.15) is 0 Å². The highest BCUT2D eigenvalue weighted by Gasteiger charge is 2.24. The van der Waals surface area contributed by atoms with Gasteiger partial charge in [-0.05, 0) is 43.5 Å². The molecule has 26 heavy (non-hydrogen) atoms. The Morgan fingerprint density at radius 1 is 1.42 bits per heavy atom. The van der Waals surface area contributed by atoms with Crippen molar-refractivity contribution >= 4 is 29.7 Å². The molecule has 2 aliphatic heterocycles. The zero-order valence-corrected chi connectivity index (χ0v) is 15.3. The summed E-state index contributed by atoms with van der Waals surface area (Å²) in [6.07, 6.45) is 4.40. The first-order valence-corrected chi connectivity index (χ1v) is 8.94. The van der Waals surface area contributed by atoms with E-state index in [2.05, 4.69) is 5.32 Å². The van der Waals surface area contributed by atoms with E-state index in [1.165, 1.54) is 6.08 Å². The van der Waals surface area contributed by atoms with E-state index in [4.69, 9.17) is 25.8 Å². The van der Waals surface area contributed by atoms with Crippen molar-refractivity contribution in [2.45, 2.75) is 25.8 Å². The molecule has 1 saturated heterocycles. The number of piperidine rings is 1. The van der Waals surface area contributed by atoms with Crippen LogP contribution < -0.4 is 14.8 Å². The van der Waals surface area contributed by atoms with Crippen molar-refractivity contribution < 1.29 is 23.8 Å². The third-order valence-electron chi connectivity index (χ3n) is 4.20. The minimum Gasteiger partial charge on any atom is -0.454 e. The van der Waals surface area contributed by atoms with E-state index >= 15 is 0 Å². The van der Waals surface area contributed by atoms with Gasteiger partial charge in [-0.3, -0.25) is 4.79 Å². The molecule has 3 rings (SSSR count). The summed E-state index contributed by atoms with van der Waals surface area (Å²) in [7, 11) is 0. The Balaban J connectivity index is 1.60. The number of likely N-dealkylation sites (tertiary alicyclic amines) is 1. The number of hydrogen-bond acceptors (Lipinski definition) is 5. The van der Waals surface area contributed by atoms with Crippen LogP contribution in [0.2, 0.25) is 5.02 Å². The summed E-state index contributed by atoms with van der Waals surface area (Å²) in [5.41, 5.74) is 0.755. The number of amides is 2. The number of carbonyl (C=O) groups excluding carboxylic acids is 2. The van der Waals surface area contributed by atoms with Gasteiger partial charge in [0.2, 0.25) is 12.7 Å². The second-order valence-corrected chi connectivity index (χ2v) is 6.47. The van der Waals surface area contributed by atoms with Crippen molar-refractivity contribution in [3.63, 3.8) is 0 Å². The molecule has 2 aliphatic rings. The van der Waals surface area contributed by atoms with Crippen molar-refractivity contribution in [1.82, 2.24) is 10.2 Å². The van der Waals surface area contributed by atoms with Crippen LogP contribution in [0, 0.1) is 0 Å². The SMILES string of the molecule is CCOC(=O)N[C@@H]1CCCN(C(=O)/C=C\c2cc(Cl)c3c(c2)OCO3)C1. The fourth-order valence-electron chi connectivity index (χ4n) is 2.99. The minimum atomic E-state index is -0.447. The minimum absolute atomic E-state index is 0.0971. The van der Waals surface area contributed by atoms with E-state index in [1.807, 2.05) is 0 Å². The third-order valence-corrected chi connectivity index (χ3v) is 4.48. The van der Waals surface area contributed by atoms with E-state index in [-0.39, 0.29) is 18.7 Å². The van der Waals surface area contributed by atoms with E-state index < -0.39 is 6.09 Å². The van der Waals surface area contributed by atoms with Gasteiger partial charge in [0.15, 0.2) is 11.5 Å². The number of hydrogen-bond donors (Lipinski definition) is 1. The van der Waals surface area contributed by atoms with Crippen LogP contribution in [0.1, 0.15) is 25.3 Å². The molecular weight excluding hydrogens is 360 g/mol. The lowest BCUT2D eigenvalue weighted by Crippen LogP contribution is -2.49. The summed E-state index contributed by atoms with van der Waals surface area (Å²) in [4.78, 5) is 25.7. The van der Waals surface area contributed by atoms with Gasteiger partial charge in [0.25, 0.3) is 0 Å². The maximum absolute atomic E-state index is 12.5. The van der Waals surface area contributed by atoms with Gasteiger partial charge < -0.3 is 24.4 Å². The molecule has 0 aromatic heterocycles. The second kappa shape index (κ2) is 8.31. The highest BCUT2D eigenvalue weighted by atomic mass is 35.5. The Kier molecular flexibility index (Phi) is 5.88. The van der Waals surface area contributed by atoms with Crippen LogP contribution in [0.25, 0.3) is 6.08 Å². The van der Waals surface area contributed by atoms with Crippen molar-refractivity contribution in [2.75, 3.05) is 26.5 Å². The molecule has 2 amide bonds. The molecule has 7 nitrogen and oxygen atoms in total. The number of alkyl carbamates (subject to hydrolysis) is 1. The average Bonchev–Trinajstić information content (AvgIpc) is 3.09. The lowest BCUT2D eigenvalue weighted by Gasteiger charge is -2.32. The summed E-state index contributed by atoms with van der Waals surface area (Å²) in [6.45, 7) is 3.34. The Bertz CT molecular complexity index is 722. The Labute approximate surface area is 156 Å². The maximum Gasteiger partial charge on any atom is 0.407 e. The molecule has 1 fully saturated rings. The van der Waals surface area contributed by atoms with E-state index in [1.54, 1.807) is 30.0 Å². The number of halogens is 1. The molecular formula is C18H21ClN2O5. The Morgan fingerprint density at radius 3 is 3.08 bits per heavy atom. The number of rotatable bonds is 4. The van der Waals surface area contributed by atoms with Crippen LogP contribution in [-0.4, -0.2) is 49.4 Å². The van der Waals surface area contributed by atoms with Crippen LogP contribution in [0.3, 0.4) is 0 Å². The summed E-state index contributed by atoms with van der Waals surface area (Å²) >= 11 is 6.15. The number of nitrogens with zero attached hydrogens (tertiary/aromatic N) is 1. The third kappa shape index (κ3) is 4.40. The van der Waals surface area contributed by atoms with Gasteiger partial charge in [-0.1, -0.05) is 11.6 Å². The van der Waals surface area contributed by atoms with Crippen LogP contribution in [0.15, 0.2) is 18.2 Å². The molecule has 0 aliphatic carbocycles. The molecule has 2 heterocycles. The summed E-state index contributed by atoms with van der Waals surface area (Å²) in [5.74, 6) is 0.981. The van der Waals surface area contributed by atoms with E-state index in [9.17, 15) is 9.59 Å². The predicted molar refractivity (Wildman–Crippen MR) is 96.4 cm³/mol. The number of nitrogens with one attached hydrogen (secondary N) is 1. The van der Waals surface area contributed by atoms with Crippen molar-refractivity contribution in [1.29, 1.82) is 0 Å². The zero-order chi connectivity index (χ0) is 18.5.